The van der Waals surface area contributed by atoms with Gasteiger partial charge in [0.05, 0.1) is 5.41 Å². The number of carboxylic acid groups (broad SMARTS) is 1. The summed E-state index contributed by atoms with van der Waals surface area (Å²) >= 11 is 0. The van der Waals surface area contributed by atoms with Crippen LogP contribution in [0.1, 0.15) is 48.5 Å². The third-order valence-electron chi connectivity index (χ3n) is 4.43. The van der Waals surface area contributed by atoms with Crippen molar-refractivity contribution in [1.29, 1.82) is 0 Å². The Bertz CT molecular complexity index is 573. The second kappa shape index (κ2) is 5.84. The molecule has 0 saturated heterocycles. The van der Waals surface area contributed by atoms with Gasteiger partial charge in [-0.05, 0) is 50.5 Å². The number of amides is 1. The number of aryl methyl sites for hydroxylation is 1. The van der Waals surface area contributed by atoms with E-state index in [4.69, 9.17) is 0 Å². The molecule has 0 radical (unpaired) electrons. The van der Waals surface area contributed by atoms with E-state index in [0.29, 0.717) is 24.0 Å². The Morgan fingerprint density at radius 2 is 2.10 bits per heavy atom. The van der Waals surface area contributed by atoms with E-state index in [1.54, 1.807) is 13.8 Å². The first-order valence-electron chi connectivity index (χ1n) is 7.15. The first-order valence-corrected chi connectivity index (χ1v) is 7.15. The van der Waals surface area contributed by atoms with Crippen LogP contribution in [-0.2, 0) is 4.79 Å². The van der Waals surface area contributed by atoms with Gasteiger partial charge >= 0.3 is 5.97 Å². The molecule has 1 aliphatic rings. The molecule has 2 atom stereocenters. The molecule has 1 aromatic carbocycles. The lowest BCUT2D eigenvalue weighted by molar-refractivity contribution is -0.151. The standard InChI is InChI=1S/C16H20FNO3/c1-10-9-11(17)6-7-12(10)14(19)18-13-5-3-4-8-16(13,2)15(20)21/h6-7,9,13H,3-5,8H2,1-2H3,(H,18,19)(H,20,21). The maximum atomic E-state index is 13.1. The smallest absolute Gasteiger partial charge is 0.311 e. The Balaban J connectivity index is 2.19. The average Bonchev–Trinajstić information content (AvgIpc) is 2.41. The number of carboxylic acids is 1. The molecule has 5 heteroatoms. The van der Waals surface area contributed by atoms with Crippen molar-refractivity contribution in [3.63, 3.8) is 0 Å². The molecule has 4 nitrogen and oxygen atoms in total. The second-order valence-corrected chi connectivity index (χ2v) is 5.95. The second-order valence-electron chi connectivity index (χ2n) is 5.95. The topological polar surface area (TPSA) is 66.4 Å². The molecule has 114 valence electrons. The fraction of sp³-hybridized carbons (Fsp3) is 0.500. The molecule has 1 fully saturated rings. The van der Waals surface area contributed by atoms with Crippen molar-refractivity contribution in [3.05, 3.63) is 35.1 Å². The molecule has 1 amide bonds. The molecule has 0 aromatic heterocycles. The molecule has 1 aliphatic carbocycles. The lowest BCUT2D eigenvalue weighted by atomic mass is 9.71. The summed E-state index contributed by atoms with van der Waals surface area (Å²) in [6, 6.07) is 3.56. The van der Waals surface area contributed by atoms with Crippen molar-refractivity contribution in [3.8, 4) is 0 Å². The van der Waals surface area contributed by atoms with E-state index in [1.165, 1.54) is 18.2 Å². The zero-order valence-electron chi connectivity index (χ0n) is 12.3. The Labute approximate surface area is 123 Å². The summed E-state index contributed by atoms with van der Waals surface area (Å²) in [5.74, 6) is -1.62. The van der Waals surface area contributed by atoms with Crippen LogP contribution in [-0.4, -0.2) is 23.0 Å². The number of halogens is 1. The van der Waals surface area contributed by atoms with Gasteiger partial charge in [-0.3, -0.25) is 9.59 Å². The largest absolute Gasteiger partial charge is 0.481 e. The summed E-state index contributed by atoms with van der Waals surface area (Å²) in [6.45, 7) is 3.34. The number of hydrogen-bond donors (Lipinski definition) is 2. The van der Waals surface area contributed by atoms with Gasteiger partial charge in [-0.25, -0.2) is 4.39 Å². The number of rotatable bonds is 3. The first kappa shape index (κ1) is 15.5. The predicted octanol–water partition coefficient (Wildman–Crippen LogP) is 2.90. The van der Waals surface area contributed by atoms with Gasteiger partial charge in [0.25, 0.3) is 5.91 Å². The van der Waals surface area contributed by atoms with Crippen LogP contribution in [0.3, 0.4) is 0 Å². The minimum Gasteiger partial charge on any atom is -0.481 e. The minimum absolute atomic E-state index is 0.341. The van der Waals surface area contributed by atoms with E-state index in [1.807, 2.05) is 0 Å². The van der Waals surface area contributed by atoms with Crippen LogP contribution in [0.5, 0.6) is 0 Å². The fourth-order valence-electron chi connectivity index (χ4n) is 2.94. The minimum atomic E-state index is -0.943. The summed E-state index contributed by atoms with van der Waals surface area (Å²) in [5, 5.41) is 12.3. The molecule has 2 N–H and O–H groups in total. The van der Waals surface area contributed by atoms with Gasteiger partial charge < -0.3 is 10.4 Å². The number of carbonyl (C=O) groups excluding carboxylic acids is 1. The maximum Gasteiger partial charge on any atom is 0.311 e. The Kier molecular flexibility index (Phi) is 4.30. The van der Waals surface area contributed by atoms with Crippen LogP contribution in [0, 0.1) is 18.2 Å². The van der Waals surface area contributed by atoms with Gasteiger partial charge in [0.1, 0.15) is 5.82 Å². The van der Waals surface area contributed by atoms with Crippen LogP contribution < -0.4 is 5.32 Å². The summed E-state index contributed by atoms with van der Waals surface area (Å²) < 4.78 is 13.1. The van der Waals surface area contributed by atoms with Crippen LogP contribution in [0.25, 0.3) is 0 Å². The summed E-state index contributed by atoms with van der Waals surface area (Å²) in [7, 11) is 0. The number of hydrogen-bond acceptors (Lipinski definition) is 2. The molecular weight excluding hydrogens is 273 g/mol. The quantitative estimate of drug-likeness (QED) is 0.900. The van der Waals surface area contributed by atoms with E-state index in [0.717, 1.165) is 12.8 Å². The summed E-state index contributed by atoms with van der Waals surface area (Å²) in [4.78, 5) is 23.8. The highest BCUT2D eigenvalue weighted by molar-refractivity contribution is 5.96. The van der Waals surface area contributed by atoms with Crippen molar-refractivity contribution in [2.45, 2.75) is 45.6 Å². The third kappa shape index (κ3) is 3.06. The molecule has 21 heavy (non-hydrogen) atoms. The first-order chi connectivity index (χ1) is 9.84. The molecule has 0 aliphatic heterocycles. The Morgan fingerprint density at radius 3 is 2.71 bits per heavy atom. The van der Waals surface area contributed by atoms with Gasteiger partial charge in [-0.1, -0.05) is 12.8 Å². The van der Waals surface area contributed by atoms with Gasteiger partial charge in [0, 0.05) is 11.6 Å². The molecule has 1 aromatic rings. The highest BCUT2D eigenvalue weighted by Crippen LogP contribution is 2.36. The van der Waals surface area contributed by atoms with Crippen LogP contribution in [0.4, 0.5) is 4.39 Å². The number of benzene rings is 1. The third-order valence-corrected chi connectivity index (χ3v) is 4.43. The van der Waals surface area contributed by atoms with E-state index in [2.05, 4.69) is 5.32 Å². The molecule has 2 unspecified atom stereocenters. The lowest BCUT2D eigenvalue weighted by Crippen LogP contribution is -2.52. The van der Waals surface area contributed by atoms with E-state index in [9.17, 15) is 19.1 Å². The number of aliphatic carboxylic acids is 1. The molecule has 0 heterocycles. The van der Waals surface area contributed by atoms with Gasteiger partial charge in [-0.2, -0.15) is 0 Å². The van der Waals surface area contributed by atoms with Crippen LogP contribution >= 0.6 is 0 Å². The normalized spacial score (nSPS) is 25.4. The summed E-state index contributed by atoms with van der Waals surface area (Å²) in [6.07, 6.45) is 2.95. The van der Waals surface area contributed by atoms with Gasteiger partial charge in [-0.15, -0.1) is 0 Å². The molecule has 0 spiro atoms. The van der Waals surface area contributed by atoms with Gasteiger partial charge in [0.2, 0.25) is 0 Å². The highest BCUT2D eigenvalue weighted by Gasteiger charge is 2.43. The van der Waals surface area contributed by atoms with Crippen LogP contribution in [0.15, 0.2) is 18.2 Å². The Morgan fingerprint density at radius 1 is 1.38 bits per heavy atom. The molecule has 2 rings (SSSR count). The molecular formula is C16H20FNO3. The van der Waals surface area contributed by atoms with Crippen molar-refractivity contribution >= 4 is 11.9 Å². The number of carbonyl (C=O) groups is 2. The zero-order chi connectivity index (χ0) is 15.6. The van der Waals surface area contributed by atoms with E-state index in [-0.39, 0.29) is 5.91 Å². The Hall–Kier alpha value is -1.91. The van der Waals surface area contributed by atoms with Gasteiger partial charge in [0.15, 0.2) is 0 Å². The SMILES string of the molecule is Cc1cc(F)ccc1C(=O)NC1CCCCC1(C)C(=O)O. The maximum absolute atomic E-state index is 13.1. The van der Waals surface area contributed by atoms with E-state index >= 15 is 0 Å². The van der Waals surface area contributed by atoms with E-state index < -0.39 is 23.2 Å². The number of nitrogens with one attached hydrogen (secondary N) is 1. The van der Waals surface area contributed by atoms with Crippen molar-refractivity contribution in [2.75, 3.05) is 0 Å². The molecule has 1 saturated carbocycles. The monoisotopic (exact) mass is 293 g/mol. The van der Waals surface area contributed by atoms with Crippen LogP contribution in [0.2, 0.25) is 0 Å². The predicted molar refractivity (Wildman–Crippen MR) is 76.6 cm³/mol. The summed E-state index contributed by atoms with van der Waals surface area (Å²) in [5.41, 5.74) is -0.0166. The van der Waals surface area contributed by atoms with Crippen molar-refractivity contribution in [2.24, 2.45) is 5.41 Å². The fourth-order valence-corrected chi connectivity index (χ4v) is 2.94. The molecule has 0 bridgehead atoms. The average molecular weight is 293 g/mol. The van der Waals surface area contributed by atoms with Crippen molar-refractivity contribution in [1.82, 2.24) is 5.32 Å². The lowest BCUT2D eigenvalue weighted by Gasteiger charge is -2.38. The zero-order valence-corrected chi connectivity index (χ0v) is 12.3. The highest BCUT2D eigenvalue weighted by atomic mass is 19.1. The van der Waals surface area contributed by atoms with Crippen molar-refractivity contribution < 1.29 is 19.1 Å².